The Kier molecular flexibility index (Phi) is 15.2. The molecular formula is C18H39ClN2O4. The van der Waals surface area contributed by atoms with Crippen LogP contribution in [0.25, 0.3) is 0 Å². The van der Waals surface area contributed by atoms with Crippen molar-refractivity contribution < 1.29 is 20.1 Å². The van der Waals surface area contributed by atoms with E-state index in [1.807, 2.05) is 0 Å². The van der Waals surface area contributed by atoms with Crippen molar-refractivity contribution in [2.24, 2.45) is 5.73 Å². The molecule has 7 heteroatoms. The molecule has 152 valence electrons. The monoisotopic (exact) mass is 382 g/mol. The number of hydrogen-bond acceptors (Lipinski definition) is 6. The Morgan fingerprint density at radius 2 is 1.40 bits per heavy atom. The summed E-state index contributed by atoms with van der Waals surface area (Å²) in [6.45, 7) is 2.67. The molecule has 6 N–H and O–H groups in total. The Hall–Kier alpha value is 0.0500. The summed E-state index contributed by atoms with van der Waals surface area (Å²) in [6.07, 6.45) is 9.29. The topological polar surface area (TPSA) is 108 Å². The normalized spacial score (nSPS) is 29.4. The minimum absolute atomic E-state index is 0. The van der Waals surface area contributed by atoms with E-state index in [1.165, 1.54) is 57.8 Å². The average molecular weight is 383 g/mol. The summed E-state index contributed by atoms with van der Waals surface area (Å²) in [5.74, 6) is 0. The van der Waals surface area contributed by atoms with Gasteiger partial charge in [0.25, 0.3) is 0 Å². The second-order valence-electron chi connectivity index (χ2n) is 6.97. The Morgan fingerprint density at radius 3 is 1.92 bits per heavy atom. The minimum atomic E-state index is -1.14. The van der Waals surface area contributed by atoms with Gasteiger partial charge in [0, 0.05) is 0 Å². The highest BCUT2D eigenvalue weighted by molar-refractivity contribution is 5.85. The maximum Gasteiger partial charge on any atom is 0.126 e. The number of unbranched alkanes of at least 4 members (excludes halogenated alkanes) is 9. The smallest absolute Gasteiger partial charge is 0.126 e. The van der Waals surface area contributed by atoms with Crippen molar-refractivity contribution in [3.8, 4) is 0 Å². The lowest BCUT2D eigenvalue weighted by Crippen LogP contribution is -2.65. The summed E-state index contributed by atoms with van der Waals surface area (Å²) in [7, 11) is 0. The van der Waals surface area contributed by atoms with Gasteiger partial charge in [-0.05, 0) is 13.0 Å². The van der Waals surface area contributed by atoms with E-state index in [0.717, 1.165) is 13.0 Å². The molecule has 25 heavy (non-hydrogen) atoms. The fraction of sp³-hybridized carbons (Fsp3) is 1.00. The third kappa shape index (κ3) is 9.52. The summed E-state index contributed by atoms with van der Waals surface area (Å²) in [6, 6.07) is -0.689. The lowest BCUT2D eigenvalue weighted by Gasteiger charge is -2.41. The first kappa shape index (κ1) is 25.1. The van der Waals surface area contributed by atoms with Gasteiger partial charge in [0.1, 0.15) is 24.5 Å². The van der Waals surface area contributed by atoms with Crippen LogP contribution in [0.5, 0.6) is 0 Å². The van der Waals surface area contributed by atoms with E-state index in [2.05, 4.69) is 12.2 Å². The largest absolute Gasteiger partial charge is 0.394 e. The number of hydrogen-bond donors (Lipinski definition) is 5. The number of rotatable bonds is 13. The second-order valence-corrected chi connectivity index (χ2v) is 6.97. The van der Waals surface area contributed by atoms with Crippen molar-refractivity contribution in [2.75, 3.05) is 13.2 Å². The SMILES string of the molecule is CCCCCCCCCCCCN[C@@H]1O[C@H](CO)[C@@H](O)[C@H](O)[C@@H]1N.Cl. The Balaban J connectivity index is 0.00000576. The molecule has 0 unspecified atom stereocenters. The van der Waals surface area contributed by atoms with E-state index in [0.29, 0.717) is 0 Å². The van der Waals surface area contributed by atoms with Crippen LogP contribution in [0.3, 0.4) is 0 Å². The number of nitrogens with two attached hydrogens (primary N) is 1. The minimum Gasteiger partial charge on any atom is -0.394 e. The van der Waals surface area contributed by atoms with Gasteiger partial charge in [-0.15, -0.1) is 12.4 Å². The third-order valence-corrected chi connectivity index (χ3v) is 4.85. The van der Waals surface area contributed by atoms with Gasteiger partial charge in [-0.2, -0.15) is 0 Å². The molecule has 0 radical (unpaired) electrons. The van der Waals surface area contributed by atoms with Gasteiger partial charge in [0.15, 0.2) is 0 Å². The molecule has 0 aliphatic carbocycles. The molecule has 0 aromatic heterocycles. The molecule has 0 saturated carbocycles. The van der Waals surface area contributed by atoms with Crippen LogP contribution in [-0.2, 0) is 4.74 Å². The van der Waals surface area contributed by atoms with Crippen LogP contribution in [0.1, 0.15) is 71.1 Å². The Morgan fingerprint density at radius 1 is 0.880 bits per heavy atom. The molecule has 1 aliphatic rings. The fourth-order valence-corrected chi connectivity index (χ4v) is 3.18. The van der Waals surface area contributed by atoms with Gasteiger partial charge in [-0.3, -0.25) is 5.32 Å². The van der Waals surface area contributed by atoms with Crippen LogP contribution < -0.4 is 11.1 Å². The fourth-order valence-electron chi connectivity index (χ4n) is 3.18. The molecule has 1 fully saturated rings. The maximum absolute atomic E-state index is 9.89. The highest BCUT2D eigenvalue weighted by Crippen LogP contribution is 2.18. The lowest BCUT2D eigenvalue weighted by atomic mass is 9.97. The van der Waals surface area contributed by atoms with Crippen LogP contribution in [0, 0.1) is 0 Å². The van der Waals surface area contributed by atoms with Gasteiger partial charge in [0.2, 0.25) is 0 Å². The number of ether oxygens (including phenoxy) is 1. The average Bonchev–Trinajstić information content (AvgIpc) is 2.59. The van der Waals surface area contributed by atoms with E-state index in [-0.39, 0.29) is 19.0 Å². The van der Waals surface area contributed by atoms with E-state index in [9.17, 15) is 15.3 Å². The zero-order chi connectivity index (χ0) is 17.8. The van der Waals surface area contributed by atoms with Crippen molar-refractivity contribution in [2.45, 2.75) is 102 Å². The number of nitrogens with one attached hydrogen (secondary N) is 1. The van der Waals surface area contributed by atoms with Crippen molar-refractivity contribution in [1.82, 2.24) is 5.32 Å². The zero-order valence-corrected chi connectivity index (χ0v) is 16.4. The Bertz CT molecular complexity index is 311. The van der Waals surface area contributed by atoms with Crippen LogP contribution in [-0.4, -0.2) is 59.1 Å². The molecule has 0 aromatic rings. The quantitative estimate of drug-likeness (QED) is 0.310. The van der Waals surface area contributed by atoms with Crippen LogP contribution >= 0.6 is 12.4 Å². The van der Waals surface area contributed by atoms with E-state index >= 15 is 0 Å². The molecular weight excluding hydrogens is 344 g/mol. The van der Waals surface area contributed by atoms with Gasteiger partial charge < -0.3 is 25.8 Å². The van der Waals surface area contributed by atoms with Gasteiger partial charge in [-0.1, -0.05) is 64.7 Å². The molecule has 0 amide bonds. The number of aliphatic hydroxyl groups is 3. The molecule has 1 rings (SSSR count). The van der Waals surface area contributed by atoms with Crippen molar-refractivity contribution >= 4 is 12.4 Å². The maximum atomic E-state index is 9.89. The first-order chi connectivity index (χ1) is 11.6. The zero-order valence-electron chi connectivity index (χ0n) is 15.6. The molecule has 1 aliphatic heterocycles. The molecule has 0 spiro atoms. The summed E-state index contributed by atoms with van der Waals surface area (Å²) in [5.41, 5.74) is 5.88. The highest BCUT2D eigenvalue weighted by Gasteiger charge is 2.41. The first-order valence-corrected chi connectivity index (χ1v) is 9.73. The summed E-state index contributed by atoms with van der Waals surface area (Å²) < 4.78 is 5.53. The molecule has 0 bridgehead atoms. The molecule has 5 atom stereocenters. The summed E-state index contributed by atoms with van der Waals surface area (Å²) in [5, 5.41) is 32.0. The lowest BCUT2D eigenvalue weighted by molar-refractivity contribution is -0.196. The Labute approximate surface area is 158 Å². The van der Waals surface area contributed by atoms with E-state index < -0.39 is 30.6 Å². The standard InChI is InChI=1S/C18H38N2O4.ClH/c1-2-3-4-5-6-7-8-9-10-11-12-20-18-15(19)17(23)16(22)14(13-21)24-18;/h14-18,20-23H,2-13,19H2,1H3;1H/t14-,15+,16-,17-,18-;/m1./s1. The molecule has 0 aromatic carbocycles. The van der Waals surface area contributed by atoms with Crippen LogP contribution in [0.2, 0.25) is 0 Å². The highest BCUT2D eigenvalue weighted by atomic mass is 35.5. The second kappa shape index (κ2) is 15.1. The predicted octanol–water partition coefficient (Wildman–Crippen LogP) is 1.68. The summed E-state index contributed by atoms with van der Waals surface area (Å²) in [4.78, 5) is 0. The molecule has 1 saturated heterocycles. The number of aliphatic hydroxyl groups excluding tert-OH is 3. The van der Waals surface area contributed by atoms with E-state index in [1.54, 1.807) is 0 Å². The summed E-state index contributed by atoms with van der Waals surface area (Å²) >= 11 is 0. The van der Waals surface area contributed by atoms with Gasteiger partial charge >= 0.3 is 0 Å². The van der Waals surface area contributed by atoms with Crippen molar-refractivity contribution in [3.63, 3.8) is 0 Å². The first-order valence-electron chi connectivity index (χ1n) is 9.73. The van der Waals surface area contributed by atoms with Crippen LogP contribution in [0.4, 0.5) is 0 Å². The third-order valence-electron chi connectivity index (χ3n) is 4.85. The van der Waals surface area contributed by atoms with Crippen molar-refractivity contribution in [3.05, 3.63) is 0 Å². The van der Waals surface area contributed by atoms with Crippen molar-refractivity contribution in [1.29, 1.82) is 0 Å². The number of halogens is 1. The van der Waals surface area contributed by atoms with Gasteiger partial charge in [-0.25, -0.2) is 0 Å². The van der Waals surface area contributed by atoms with Gasteiger partial charge in [0.05, 0.1) is 12.6 Å². The molecule has 1 heterocycles. The van der Waals surface area contributed by atoms with E-state index in [4.69, 9.17) is 10.5 Å². The predicted molar refractivity (Wildman–Crippen MR) is 103 cm³/mol. The molecule has 6 nitrogen and oxygen atoms in total. The van der Waals surface area contributed by atoms with Crippen LogP contribution in [0.15, 0.2) is 0 Å².